The molecule has 1 N–H and O–H groups in total. The first-order valence-electron chi connectivity index (χ1n) is 3.48. The summed E-state index contributed by atoms with van der Waals surface area (Å²) in [7, 11) is 0. The summed E-state index contributed by atoms with van der Waals surface area (Å²) in [6.07, 6.45) is 1.20. The van der Waals surface area contributed by atoms with Crippen LogP contribution in [0.2, 0.25) is 0 Å². The van der Waals surface area contributed by atoms with Crippen molar-refractivity contribution in [3.8, 4) is 0 Å². The summed E-state index contributed by atoms with van der Waals surface area (Å²) in [5, 5.41) is 7.72. The number of carbonyl (C=O) groups excluding carboxylic acids is 1. The number of aryl methyl sites for hydroxylation is 2. The Morgan fingerprint density at radius 1 is 1.45 bits per heavy atom. The second-order valence-corrected chi connectivity index (χ2v) is 2.53. The van der Waals surface area contributed by atoms with Gasteiger partial charge in [-0.05, 0) is 6.92 Å². The van der Waals surface area contributed by atoms with Crippen LogP contribution >= 0.6 is 0 Å². The Labute approximate surface area is 63.4 Å². The van der Waals surface area contributed by atoms with E-state index in [1.54, 1.807) is 4.68 Å². The Morgan fingerprint density at radius 3 is 3.09 bits per heavy atom. The number of hydrogen-bond donors (Lipinski definition) is 1. The summed E-state index contributed by atoms with van der Waals surface area (Å²) >= 11 is 0. The van der Waals surface area contributed by atoms with Crippen molar-refractivity contribution in [2.75, 3.05) is 5.43 Å². The average molecular weight is 152 g/mol. The van der Waals surface area contributed by atoms with Crippen LogP contribution in [0.3, 0.4) is 0 Å². The third kappa shape index (κ3) is 0.886. The molecule has 0 unspecified atom stereocenters. The maximum Gasteiger partial charge on any atom is 0.239 e. The molecule has 1 aliphatic heterocycles. The van der Waals surface area contributed by atoms with Crippen molar-refractivity contribution in [1.82, 2.24) is 14.9 Å². The summed E-state index contributed by atoms with van der Waals surface area (Å²) < 4.78 is 1.63. The zero-order chi connectivity index (χ0) is 7.84. The van der Waals surface area contributed by atoms with Crippen molar-refractivity contribution in [2.24, 2.45) is 0 Å². The van der Waals surface area contributed by atoms with Crippen molar-refractivity contribution in [3.05, 3.63) is 11.6 Å². The number of carbonyl (C=O) groups is 1. The van der Waals surface area contributed by atoms with Crippen LogP contribution in [-0.4, -0.2) is 20.8 Å². The lowest BCUT2D eigenvalue weighted by molar-refractivity contribution is -0.117. The van der Waals surface area contributed by atoms with Gasteiger partial charge in [0.2, 0.25) is 5.91 Å². The van der Waals surface area contributed by atoms with Gasteiger partial charge in [-0.1, -0.05) is 0 Å². The number of rotatable bonds is 0. The topological polar surface area (TPSA) is 59.8 Å². The minimum Gasteiger partial charge on any atom is -0.273 e. The third-order valence-electron chi connectivity index (χ3n) is 1.70. The molecule has 0 aromatic carbocycles. The molecule has 0 saturated heterocycles. The summed E-state index contributed by atoms with van der Waals surface area (Å²) in [5.74, 6) is 1.59. The monoisotopic (exact) mass is 152 g/mol. The van der Waals surface area contributed by atoms with Crippen molar-refractivity contribution >= 4 is 5.91 Å². The third-order valence-corrected chi connectivity index (χ3v) is 1.70. The second kappa shape index (κ2) is 2.05. The van der Waals surface area contributed by atoms with E-state index >= 15 is 0 Å². The van der Waals surface area contributed by atoms with Gasteiger partial charge in [0.25, 0.3) is 0 Å². The van der Waals surface area contributed by atoms with E-state index in [2.05, 4.69) is 15.6 Å². The van der Waals surface area contributed by atoms with Crippen LogP contribution in [0.15, 0.2) is 0 Å². The SMILES string of the molecule is Cc1nnc2n1NC(=O)CC2. The summed E-state index contributed by atoms with van der Waals surface area (Å²) in [4.78, 5) is 10.9. The van der Waals surface area contributed by atoms with Gasteiger partial charge >= 0.3 is 0 Å². The molecule has 0 aliphatic carbocycles. The van der Waals surface area contributed by atoms with Gasteiger partial charge in [0, 0.05) is 12.8 Å². The fraction of sp³-hybridized carbons (Fsp3) is 0.500. The Kier molecular flexibility index (Phi) is 1.18. The molecule has 11 heavy (non-hydrogen) atoms. The predicted molar refractivity (Wildman–Crippen MR) is 37.4 cm³/mol. The Morgan fingerprint density at radius 2 is 2.27 bits per heavy atom. The molecular weight excluding hydrogens is 144 g/mol. The van der Waals surface area contributed by atoms with Gasteiger partial charge < -0.3 is 0 Å². The highest BCUT2D eigenvalue weighted by atomic mass is 16.2. The van der Waals surface area contributed by atoms with Gasteiger partial charge in [0.05, 0.1) is 0 Å². The van der Waals surface area contributed by atoms with Crippen molar-refractivity contribution in [3.63, 3.8) is 0 Å². The Bertz CT molecular complexity index is 304. The molecule has 0 spiro atoms. The number of nitrogens with one attached hydrogen (secondary N) is 1. The van der Waals surface area contributed by atoms with Gasteiger partial charge in [0.1, 0.15) is 5.82 Å². The molecule has 0 bridgehead atoms. The smallest absolute Gasteiger partial charge is 0.239 e. The summed E-state index contributed by atoms with van der Waals surface area (Å²) in [5.41, 5.74) is 2.66. The number of aromatic nitrogens is 3. The predicted octanol–water partition coefficient (Wildman–Crippen LogP) is -0.397. The largest absolute Gasteiger partial charge is 0.273 e. The zero-order valence-corrected chi connectivity index (χ0v) is 6.16. The van der Waals surface area contributed by atoms with E-state index in [0.29, 0.717) is 12.8 Å². The first-order valence-corrected chi connectivity index (χ1v) is 3.48. The fourth-order valence-corrected chi connectivity index (χ4v) is 1.12. The van der Waals surface area contributed by atoms with Gasteiger partial charge in [-0.25, -0.2) is 4.68 Å². The van der Waals surface area contributed by atoms with E-state index in [4.69, 9.17) is 0 Å². The highest BCUT2D eigenvalue weighted by Gasteiger charge is 2.17. The van der Waals surface area contributed by atoms with Crippen LogP contribution in [-0.2, 0) is 11.2 Å². The van der Waals surface area contributed by atoms with Gasteiger partial charge in [-0.15, -0.1) is 10.2 Å². The van der Waals surface area contributed by atoms with E-state index < -0.39 is 0 Å². The molecule has 5 heteroatoms. The second-order valence-electron chi connectivity index (χ2n) is 2.53. The maximum absolute atomic E-state index is 10.9. The Hall–Kier alpha value is -1.39. The normalized spacial score (nSPS) is 15.9. The van der Waals surface area contributed by atoms with Gasteiger partial charge in [-0.2, -0.15) is 0 Å². The highest BCUT2D eigenvalue weighted by Crippen LogP contribution is 2.06. The highest BCUT2D eigenvalue weighted by molar-refractivity contribution is 5.84. The van der Waals surface area contributed by atoms with E-state index in [0.717, 1.165) is 11.6 Å². The van der Waals surface area contributed by atoms with Gasteiger partial charge in [-0.3, -0.25) is 10.2 Å². The lowest BCUT2D eigenvalue weighted by Crippen LogP contribution is -2.30. The van der Waals surface area contributed by atoms with E-state index in [9.17, 15) is 4.79 Å². The van der Waals surface area contributed by atoms with E-state index in [1.165, 1.54) is 0 Å². The summed E-state index contributed by atoms with van der Waals surface area (Å²) in [6, 6.07) is 0. The van der Waals surface area contributed by atoms with Crippen molar-refractivity contribution < 1.29 is 4.79 Å². The van der Waals surface area contributed by atoms with Crippen LogP contribution in [0.5, 0.6) is 0 Å². The van der Waals surface area contributed by atoms with Gasteiger partial charge in [0.15, 0.2) is 5.82 Å². The number of nitrogens with zero attached hydrogens (tertiary/aromatic N) is 3. The molecule has 1 aromatic rings. The van der Waals surface area contributed by atoms with Crippen LogP contribution < -0.4 is 5.43 Å². The molecule has 5 nitrogen and oxygen atoms in total. The van der Waals surface area contributed by atoms with Crippen molar-refractivity contribution in [1.29, 1.82) is 0 Å². The molecular formula is C6H8N4O. The Balaban J connectivity index is 2.45. The quantitative estimate of drug-likeness (QED) is 0.550. The van der Waals surface area contributed by atoms with Crippen LogP contribution in [0.25, 0.3) is 0 Å². The average Bonchev–Trinajstić information content (AvgIpc) is 2.33. The minimum absolute atomic E-state index is 0.0281. The molecule has 0 fully saturated rings. The van der Waals surface area contributed by atoms with Crippen LogP contribution in [0.1, 0.15) is 18.1 Å². The zero-order valence-electron chi connectivity index (χ0n) is 6.16. The van der Waals surface area contributed by atoms with Crippen molar-refractivity contribution in [2.45, 2.75) is 19.8 Å². The molecule has 58 valence electrons. The molecule has 0 radical (unpaired) electrons. The molecule has 2 heterocycles. The fourth-order valence-electron chi connectivity index (χ4n) is 1.12. The number of amides is 1. The maximum atomic E-state index is 10.9. The first-order chi connectivity index (χ1) is 5.27. The van der Waals surface area contributed by atoms with E-state index in [1.807, 2.05) is 6.92 Å². The van der Waals surface area contributed by atoms with E-state index in [-0.39, 0.29) is 5.91 Å². The lowest BCUT2D eigenvalue weighted by atomic mass is 10.2. The lowest BCUT2D eigenvalue weighted by Gasteiger charge is -2.14. The standard InChI is InChI=1S/C6H8N4O/c1-4-7-8-5-2-3-6(11)9-10(4)5/h2-3H2,1H3,(H,9,11). The molecule has 1 aliphatic rings. The van der Waals surface area contributed by atoms with Crippen LogP contribution in [0, 0.1) is 6.92 Å². The molecule has 0 saturated carbocycles. The number of fused-ring (bicyclic) bond motifs is 1. The van der Waals surface area contributed by atoms with Crippen LogP contribution in [0.4, 0.5) is 0 Å². The number of hydrogen-bond acceptors (Lipinski definition) is 3. The molecule has 1 aromatic heterocycles. The molecule has 1 amide bonds. The molecule has 2 rings (SSSR count). The minimum atomic E-state index is 0.0281. The first kappa shape index (κ1) is 6.33. The molecule has 0 atom stereocenters. The summed E-state index contributed by atoms with van der Waals surface area (Å²) in [6.45, 7) is 1.81.